The summed E-state index contributed by atoms with van der Waals surface area (Å²) in [5, 5.41) is 21.9. The van der Waals surface area contributed by atoms with Crippen molar-refractivity contribution in [3.8, 4) is 0 Å². The van der Waals surface area contributed by atoms with Crippen molar-refractivity contribution in [2.24, 2.45) is 29.6 Å². The van der Waals surface area contributed by atoms with Crippen LogP contribution < -0.4 is 29.6 Å². The normalized spacial score (nSPS) is 54.6. The molecule has 27 heavy (non-hydrogen) atoms. The molecule has 0 radical (unpaired) electrons. The summed E-state index contributed by atoms with van der Waals surface area (Å²) in [6.07, 6.45) is 11.9. The van der Waals surface area contributed by atoms with Crippen LogP contribution in [-0.4, -0.2) is 39.8 Å². The fourth-order valence-corrected chi connectivity index (χ4v) is 12.5. The molecular formula is C21H34NaO4P. The molecule has 148 valence electrons. The van der Waals surface area contributed by atoms with Crippen molar-refractivity contribution in [3.05, 3.63) is 12.2 Å². The second-order valence-electron chi connectivity index (χ2n) is 9.70. The average Bonchev–Trinajstić information content (AvgIpc) is 2.95. The molecule has 4 nitrogen and oxygen atoms in total. The maximum absolute atomic E-state index is 13.5. The van der Waals surface area contributed by atoms with E-state index in [1.54, 1.807) is 7.11 Å². The van der Waals surface area contributed by atoms with E-state index in [-0.39, 0.29) is 53.6 Å². The van der Waals surface area contributed by atoms with Gasteiger partial charge in [0.2, 0.25) is 7.37 Å². The van der Waals surface area contributed by atoms with Gasteiger partial charge in [-0.15, -0.1) is 0 Å². The van der Waals surface area contributed by atoms with Crippen molar-refractivity contribution in [1.82, 2.24) is 0 Å². The topological polar surface area (TPSA) is 66.8 Å². The molecule has 1 spiro atoms. The summed E-state index contributed by atoms with van der Waals surface area (Å²) in [4.78, 5) is 0. The Balaban J connectivity index is 0.00000112. The van der Waals surface area contributed by atoms with Crippen LogP contribution in [0.2, 0.25) is 0 Å². The third-order valence-electron chi connectivity index (χ3n) is 8.99. The SMILES string of the molecule is CCC1C2(C3CC4C(C=CC5(O)CCCCC5)C(O)C2C4C3)P1(=O)OC.[H-].[Na+]. The predicted molar refractivity (Wildman–Crippen MR) is 102 cm³/mol. The molecule has 1 aliphatic heterocycles. The molecule has 1 heterocycles. The van der Waals surface area contributed by atoms with Crippen molar-refractivity contribution >= 4 is 7.37 Å². The standard InChI is InChI=1S/C21H33O4P.Na.H/c1-3-17-21(26(17,24)25-2)13-11-15-14(19(22)18(21)16(15)12-13)7-10-20(23)8-5-4-6-9-20;;/h7,10,13-19,22-23H,3-6,8-9,11-12H2,1-2H3;;/q;+1;-1. The fourth-order valence-electron chi connectivity index (χ4n) is 8.13. The molecule has 0 aromatic heterocycles. The third kappa shape index (κ3) is 2.54. The Morgan fingerprint density at radius 3 is 2.48 bits per heavy atom. The number of rotatable bonds is 4. The number of hydrogen-bond donors (Lipinski definition) is 2. The average molecular weight is 404 g/mol. The molecule has 5 rings (SSSR count). The summed E-state index contributed by atoms with van der Waals surface area (Å²) in [6, 6.07) is 0. The molecule has 2 bridgehead atoms. The quantitative estimate of drug-likeness (QED) is 0.418. The van der Waals surface area contributed by atoms with E-state index in [9.17, 15) is 14.8 Å². The van der Waals surface area contributed by atoms with Crippen LogP contribution in [0, 0.1) is 29.6 Å². The van der Waals surface area contributed by atoms with Crippen molar-refractivity contribution in [2.75, 3.05) is 7.11 Å². The van der Waals surface area contributed by atoms with Gasteiger partial charge in [-0.05, 0) is 49.9 Å². The minimum absolute atomic E-state index is 0. The molecule has 0 amide bonds. The van der Waals surface area contributed by atoms with E-state index in [1.165, 1.54) is 6.42 Å². The Kier molecular flexibility index (Phi) is 5.42. The van der Waals surface area contributed by atoms with Crippen LogP contribution in [-0.2, 0) is 9.09 Å². The molecule has 6 heteroatoms. The van der Waals surface area contributed by atoms with Gasteiger partial charge >= 0.3 is 29.6 Å². The van der Waals surface area contributed by atoms with Gasteiger partial charge in [0.15, 0.2) is 0 Å². The van der Waals surface area contributed by atoms with E-state index in [0.29, 0.717) is 17.8 Å². The van der Waals surface area contributed by atoms with Crippen LogP contribution in [0.4, 0.5) is 0 Å². The monoisotopic (exact) mass is 404 g/mol. The maximum atomic E-state index is 13.5. The van der Waals surface area contributed by atoms with E-state index in [2.05, 4.69) is 13.0 Å². The van der Waals surface area contributed by atoms with E-state index in [4.69, 9.17) is 4.52 Å². The Labute approximate surface area is 186 Å². The van der Waals surface area contributed by atoms with Gasteiger partial charge in [-0.3, -0.25) is 4.57 Å². The molecular weight excluding hydrogens is 370 g/mol. The van der Waals surface area contributed by atoms with Gasteiger partial charge < -0.3 is 16.2 Å². The molecule has 4 aliphatic carbocycles. The van der Waals surface area contributed by atoms with Gasteiger partial charge in [0.1, 0.15) is 0 Å². The number of aliphatic hydroxyl groups excluding tert-OH is 1. The van der Waals surface area contributed by atoms with Crippen LogP contribution in [0.3, 0.4) is 0 Å². The maximum Gasteiger partial charge on any atom is 1.00 e. The Bertz CT molecular complexity index is 681. The summed E-state index contributed by atoms with van der Waals surface area (Å²) in [5.41, 5.74) is -0.524. The third-order valence-corrected chi connectivity index (χ3v) is 12.9. The number of aliphatic hydroxyl groups is 2. The first-order valence-electron chi connectivity index (χ1n) is 10.7. The van der Waals surface area contributed by atoms with Crippen LogP contribution in [0.5, 0.6) is 0 Å². The predicted octanol–water partition coefficient (Wildman–Crippen LogP) is 1.07. The second kappa shape index (κ2) is 6.94. The van der Waals surface area contributed by atoms with E-state index < -0.39 is 19.1 Å². The zero-order chi connectivity index (χ0) is 18.3. The van der Waals surface area contributed by atoms with Gasteiger partial charge in [-0.25, -0.2) is 0 Å². The smallest absolute Gasteiger partial charge is 1.00 e. The number of hydrogen-bond acceptors (Lipinski definition) is 4. The number of fused-ring (bicyclic) bond motifs is 3. The molecule has 2 N–H and O–H groups in total. The van der Waals surface area contributed by atoms with Crippen LogP contribution in [0.25, 0.3) is 0 Å². The summed E-state index contributed by atoms with van der Waals surface area (Å²) < 4.78 is 19.1. The zero-order valence-corrected chi connectivity index (χ0v) is 19.9. The second-order valence-corrected chi connectivity index (χ2v) is 12.7. The minimum Gasteiger partial charge on any atom is -1.00 e. The van der Waals surface area contributed by atoms with Crippen molar-refractivity contribution in [1.29, 1.82) is 0 Å². The zero-order valence-electron chi connectivity index (χ0n) is 18.0. The van der Waals surface area contributed by atoms with E-state index in [0.717, 1.165) is 44.9 Å². The molecule has 9 unspecified atom stereocenters. The molecule has 1 saturated heterocycles. The van der Waals surface area contributed by atoms with Crippen molar-refractivity contribution in [2.45, 2.75) is 80.8 Å². The van der Waals surface area contributed by atoms with E-state index in [1.807, 2.05) is 6.08 Å². The largest absolute Gasteiger partial charge is 1.00 e. The Hall–Kier alpha value is 0.850. The van der Waals surface area contributed by atoms with Gasteiger partial charge in [0.25, 0.3) is 0 Å². The fraction of sp³-hybridized carbons (Fsp3) is 0.905. The summed E-state index contributed by atoms with van der Waals surface area (Å²) >= 11 is 0. The molecule has 5 fully saturated rings. The molecule has 9 atom stereocenters. The Morgan fingerprint density at radius 2 is 1.89 bits per heavy atom. The first kappa shape index (κ1) is 21.1. The minimum atomic E-state index is -2.63. The van der Waals surface area contributed by atoms with Gasteiger partial charge in [0.05, 0.1) is 22.5 Å². The first-order valence-corrected chi connectivity index (χ1v) is 12.4. The molecule has 0 aromatic carbocycles. The molecule has 5 aliphatic rings. The molecule has 0 aromatic rings. The van der Waals surface area contributed by atoms with Crippen molar-refractivity contribution in [3.63, 3.8) is 0 Å². The molecule has 4 saturated carbocycles. The van der Waals surface area contributed by atoms with Gasteiger partial charge in [0, 0.05) is 18.9 Å². The summed E-state index contributed by atoms with van der Waals surface area (Å²) in [6.45, 7) is 2.12. The summed E-state index contributed by atoms with van der Waals surface area (Å²) in [7, 11) is -1.02. The van der Waals surface area contributed by atoms with Crippen LogP contribution in [0.15, 0.2) is 12.2 Å². The van der Waals surface area contributed by atoms with Crippen LogP contribution >= 0.6 is 7.37 Å². The van der Waals surface area contributed by atoms with Gasteiger partial charge in [-0.2, -0.15) is 0 Å². The van der Waals surface area contributed by atoms with Crippen molar-refractivity contribution < 1.29 is 50.3 Å². The summed E-state index contributed by atoms with van der Waals surface area (Å²) in [5.74, 6) is 1.70. The first-order chi connectivity index (χ1) is 12.4. The van der Waals surface area contributed by atoms with E-state index >= 15 is 0 Å². The van der Waals surface area contributed by atoms with Crippen LogP contribution in [0.1, 0.15) is 59.7 Å². The van der Waals surface area contributed by atoms with Gasteiger partial charge in [-0.1, -0.05) is 38.3 Å². The Morgan fingerprint density at radius 1 is 1.22 bits per heavy atom.